The van der Waals surface area contributed by atoms with Crippen molar-refractivity contribution in [3.8, 4) is 11.5 Å². The lowest BCUT2D eigenvalue weighted by atomic mass is 9.90. The number of ether oxygens (including phenoxy) is 3. The summed E-state index contributed by atoms with van der Waals surface area (Å²) in [5.41, 5.74) is 0.825. The number of carbonyl (C=O) groups is 1. The van der Waals surface area contributed by atoms with Gasteiger partial charge in [0.05, 0.1) is 21.3 Å². The number of benzene rings is 1. The molecule has 0 fully saturated rings. The van der Waals surface area contributed by atoms with Crippen LogP contribution in [0.3, 0.4) is 0 Å². The topological polar surface area (TPSA) is 104 Å². The molecule has 0 aliphatic heterocycles. The Hall–Kier alpha value is -2.65. The number of methoxy groups -OCH3 is 3. The van der Waals surface area contributed by atoms with Gasteiger partial charge in [-0.15, -0.1) is 0 Å². The van der Waals surface area contributed by atoms with Gasteiger partial charge in [-0.2, -0.15) is 4.72 Å². The molecular formula is C20H26N2O6S. The number of hydrogen-bond acceptors (Lipinski definition) is 7. The predicted molar refractivity (Wildman–Crippen MR) is 107 cm³/mol. The third-order valence-corrected chi connectivity index (χ3v) is 5.98. The van der Waals surface area contributed by atoms with E-state index in [9.17, 15) is 13.2 Å². The number of hydrogen-bond donors (Lipinski definition) is 1. The van der Waals surface area contributed by atoms with Crippen molar-refractivity contribution in [2.24, 2.45) is 5.92 Å². The van der Waals surface area contributed by atoms with E-state index >= 15 is 0 Å². The fourth-order valence-corrected chi connectivity index (χ4v) is 4.20. The first-order chi connectivity index (χ1) is 13.9. The Bertz CT molecular complexity index is 918. The number of esters is 1. The first-order valence-electron chi connectivity index (χ1n) is 9.08. The molecule has 2 rings (SSSR count). The van der Waals surface area contributed by atoms with E-state index in [1.165, 1.54) is 19.4 Å². The first kappa shape index (κ1) is 22.6. The minimum absolute atomic E-state index is 0.161. The molecule has 0 amide bonds. The third kappa shape index (κ3) is 5.68. The summed E-state index contributed by atoms with van der Waals surface area (Å²) >= 11 is 0. The molecule has 2 aromatic rings. The average Bonchev–Trinajstić information content (AvgIpc) is 2.76. The van der Waals surface area contributed by atoms with Gasteiger partial charge in [-0.3, -0.25) is 4.79 Å². The van der Waals surface area contributed by atoms with Crippen molar-refractivity contribution in [2.45, 2.75) is 30.8 Å². The highest BCUT2D eigenvalue weighted by Gasteiger charge is 2.33. The molecule has 1 aromatic carbocycles. The van der Waals surface area contributed by atoms with Crippen LogP contribution in [0, 0.1) is 5.92 Å². The standard InChI is InChI=1S/C20H26N2O6S/c1-5-14(12-15-9-10-16(26-2)13-17(15)27-3)19(20(23)28-4)22-29(24,25)18-8-6-7-11-21-18/h6-11,13-14,19,22H,5,12H2,1-4H3/t14-,19-/m0/s1. The molecule has 0 saturated carbocycles. The van der Waals surface area contributed by atoms with Gasteiger partial charge >= 0.3 is 5.97 Å². The number of pyridine rings is 1. The Kier molecular flexibility index (Phi) is 7.98. The lowest BCUT2D eigenvalue weighted by Crippen LogP contribution is -2.47. The Morgan fingerprint density at radius 2 is 1.90 bits per heavy atom. The summed E-state index contributed by atoms with van der Waals surface area (Å²) in [6, 6.07) is 8.83. The quantitative estimate of drug-likeness (QED) is 0.585. The van der Waals surface area contributed by atoms with Gasteiger partial charge in [0.25, 0.3) is 10.0 Å². The number of sulfonamides is 1. The summed E-state index contributed by atoms with van der Waals surface area (Å²) in [6.07, 6.45) is 2.30. The van der Waals surface area contributed by atoms with Crippen molar-refractivity contribution in [1.29, 1.82) is 0 Å². The Morgan fingerprint density at radius 1 is 1.14 bits per heavy atom. The van der Waals surface area contributed by atoms with E-state index in [-0.39, 0.29) is 10.9 Å². The molecule has 9 heteroatoms. The maximum atomic E-state index is 12.7. The summed E-state index contributed by atoms with van der Waals surface area (Å²) in [7, 11) is 0.327. The van der Waals surface area contributed by atoms with Gasteiger partial charge in [-0.05, 0) is 36.1 Å². The molecule has 0 unspecified atom stereocenters. The van der Waals surface area contributed by atoms with Crippen molar-refractivity contribution in [1.82, 2.24) is 9.71 Å². The summed E-state index contributed by atoms with van der Waals surface area (Å²) in [5.74, 6) is 0.199. The fourth-order valence-electron chi connectivity index (χ4n) is 3.00. The van der Waals surface area contributed by atoms with Crippen LogP contribution in [0.15, 0.2) is 47.6 Å². The monoisotopic (exact) mass is 422 g/mol. The van der Waals surface area contributed by atoms with Crippen molar-refractivity contribution in [3.05, 3.63) is 48.2 Å². The molecule has 0 bridgehead atoms. The zero-order valence-corrected chi connectivity index (χ0v) is 17.7. The molecule has 0 saturated heterocycles. The zero-order chi connectivity index (χ0) is 21.4. The van der Waals surface area contributed by atoms with Crippen LogP contribution in [0.2, 0.25) is 0 Å². The average molecular weight is 423 g/mol. The number of rotatable bonds is 10. The van der Waals surface area contributed by atoms with Gasteiger partial charge < -0.3 is 14.2 Å². The number of nitrogens with zero attached hydrogens (tertiary/aromatic N) is 1. The Balaban J connectivity index is 2.34. The van der Waals surface area contributed by atoms with Crippen molar-refractivity contribution in [2.75, 3.05) is 21.3 Å². The van der Waals surface area contributed by atoms with Crippen molar-refractivity contribution < 1.29 is 27.4 Å². The van der Waals surface area contributed by atoms with Gasteiger partial charge in [0.15, 0.2) is 5.03 Å². The van der Waals surface area contributed by atoms with Crippen LogP contribution in [-0.2, 0) is 26.0 Å². The highest BCUT2D eigenvalue weighted by atomic mass is 32.2. The molecule has 1 heterocycles. The van der Waals surface area contributed by atoms with E-state index < -0.39 is 22.0 Å². The molecule has 2 atom stereocenters. The molecule has 29 heavy (non-hydrogen) atoms. The molecule has 0 aliphatic carbocycles. The van der Waals surface area contributed by atoms with Crippen LogP contribution >= 0.6 is 0 Å². The van der Waals surface area contributed by atoms with Crippen LogP contribution in [0.1, 0.15) is 18.9 Å². The molecule has 1 N–H and O–H groups in total. The molecule has 158 valence electrons. The number of nitrogens with one attached hydrogen (secondary N) is 1. The molecule has 8 nitrogen and oxygen atoms in total. The van der Waals surface area contributed by atoms with Crippen LogP contribution in [0.25, 0.3) is 0 Å². The zero-order valence-electron chi connectivity index (χ0n) is 16.9. The van der Waals surface area contributed by atoms with Crippen LogP contribution in [-0.4, -0.2) is 46.7 Å². The van der Waals surface area contributed by atoms with E-state index in [1.807, 2.05) is 13.0 Å². The predicted octanol–water partition coefficient (Wildman–Crippen LogP) is 2.19. The lowest BCUT2D eigenvalue weighted by Gasteiger charge is -2.25. The van der Waals surface area contributed by atoms with E-state index in [1.54, 1.807) is 38.5 Å². The SMILES string of the molecule is CC[C@@H](Cc1ccc(OC)cc1OC)[C@H](NS(=O)(=O)c1ccccn1)C(=O)OC. The minimum atomic E-state index is -4.00. The van der Waals surface area contributed by atoms with Gasteiger partial charge in [0.2, 0.25) is 0 Å². The number of carbonyl (C=O) groups excluding carboxylic acids is 1. The van der Waals surface area contributed by atoms with Crippen molar-refractivity contribution >= 4 is 16.0 Å². The van der Waals surface area contributed by atoms with Gasteiger partial charge in [0, 0.05) is 12.3 Å². The van der Waals surface area contributed by atoms with E-state index in [2.05, 4.69) is 9.71 Å². The molecule has 0 aliphatic rings. The smallest absolute Gasteiger partial charge is 0.324 e. The summed E-state index contributed by atoms with van der Waals surface area (Å²) < 4.78 is 43.4. The minimum Gasteiger partial charge on any atom is -0.497 e. The van der Waals surface area contributed by atoms with Crippen LogP contribution in [0.5, 0.6) is 11.5 Å². The van der Waals surface area contributed by atoms with E-state index in [0.29, 0.717) is 24.3 Å². The second-order valence-corrected chi connectivity index (χ2v) is 8.00. The maximum Gasteiger partial charge on any atom is 0.324 e. The van der Waals surface area contributed by atoms with Crippen LogP contribution < -0.4 is 14.2 Å². The van der Waals surface area contributed by atoms with E-state index in [0.717, 1.165) is 5.56 Å². The maximum absolute atomic E-state index is 12.7. The Morgan fingerprint density at radius 3 is 2.45 bits per heavy atom. The highest BCUT2D eigenvalue weighted by molar-refractivity contribution is 7.89. The first-order valence-corrected chi connectivity index (χ1v) is 10.6. The highest BCUT2D eigenvalue weighted by Crippen LogP contribution is 2.29. The molecular weight excluding hydrogens is 396 g/mol. The van der Waals surface area contributed by atoms with Gasteiger partial charge in [0.1, 0.15) is 17.5 Å². The van der Waals surface area contributed by atoms with Gasteiger partial charge in [-0.25, -0.2) is 13.4 Å². The summed E-state index contributed by atoms with van der Waals surface area (Å²) in [6.45, 7) is 1.88. The normalized spacial score (nSPS) is 13.4. The summed E-state index contributed by atoms with van der Waals surface area (Å²) in [5, 5.41) is -0.161. The van der Waals surface area contributed by atoms with Gasteiger partial charge in [-0.1, -0.05) is 25.5 Å². The number of aromatic nitrogens is 1. The summed E-state index contributed by atoms with van der Waals surface area (Å²) in [4.78, 5) is 16.3. The van der Waals surface area contributed by atoms with Crippen LogP contribution in [0.4, 0.5) is 0 Å². The molecule has 0 radical (unpaired) electrons. The van der Waals surface area contributed by atoms with E-state index in [4.69, 9.17) is 14.2 Å². The fraction of sp³-hybridized carbons (Fsp3) is 0.400. The molecule has 0 spiro atoms. The largest absolute Gasteiger partial charge is 0.497 e. The third-order valence-electron chi connectivity index (χ3n) is 4.62. The Labute approximate surface area is 171 Å². The second kappa shape index (κ2) is 10.2. The second-order valence-electron chi connectivity index (χ2n) is 6.34. The van der Waals surface area contributed by atoms with Crippen molar-refractivity contribution in [3.63, 3.8) is 0 Å². The molecule has 1 aromatic heterocycles. The lowest BCUT2D eigenvalue weighted by molar-refractivity contribution is -0.144.